The van der Waals surface area contributed by atoms with Crippen LogP contribution in [-0.4, -0.2) is 38.8 Å². The minimum absolute atomic E-state index is 0.0152. The molecule has 0 unspecified atom stereocenters. The lowest BCUT2D eigenvalue weighted by molar-refractivity contribution is -0.126. The number of nitrogens with one attached hydrogen (secondary N) is 2. The van der Waals surface area contributed by atoms with Crippen LogP contribution in [0.15, 0.2) is 77.8 Å². The van der Waals surface area contributed by atoms with Crippen LogP contribution in [0, 0.1) is 6.92 Å². The smallest absolute Gasteiger partial charge is 0.274 e. The summed E-state index contributed by atoms with van der Waals surface area (Å²) in [6.07, 6.45) is 8.37. The van der Waals surface area contributed by atoms with E-state index in [0.717, 1.165) is 0 Å². The van der Waals surface area contributed by atoms with Crippen LogP contribution in [0.25, 0.3) is 5.69 Å². The molecule has 1 aromatic carbocycles. The largest absolute Gasteiger partial charge is 0.399 e. The number of aromatic nitrogens is 3. The van der Waals surface area contributed by atoms with Crippen LogP contribution in [0.1, 0.15) is 29.0 Å². The molecule has 2 aromatic rings. The quantitative estimate of drug-likeness (QED) is 0.389. The monoisotopic (exact) mass is 462 g/mol. The number of para-hydroxylation sites is 1. The van der Waals surface area contributed by atoms with Gasteiger partial charge in [-0.1, -0.05) is 30.4 Å². The van der Waals surface area contributed by atoms with Crippen molar-refractivity contribution in [2.45, 2.75) is 25.8 Å². The number of nitrogens with zero attached hydrogens (tertiary/aromatic N) is 3. The van der Waals surface area contributed by atoms with Crippen LogP contribution in [0.2, 0.25) is 0 Å². The van der Waals surface area contributed by atoms with Crippen molar-refractivity contribution in [2.24, 2.45) is 17.2 Å². The summed E-state index contributed by atoms with van der Waals surface area (Å²) in [6, 6.07) is 7.79. The van der Waals surface area contributed by atoms with E-state index in [1.54, 1.807) is 43.4 Å². The van der Waals surface area contributed by atoms with E-state index in [-0.39, 0.29) is 5.69 Å². The number of aryl methyl sites for hydroxylation is 1. The van der Waals surface area contributed by atoms with E-state index in [1.807, 2.05) is 18.2 Å². The maximum absolute atomic E-state index is 12.9. The van der Waals surface area contributed by atoms with Crippen molar-refractivity contribution in [3.8, 4) is 5.69 Å². The van der Waals surface area contributed by atoms with Crippen LogP contribution in [0.3, 0.4) is 0 Å². The standard InChI is InChI=1S/C23H26N8O3/c1-14-21(30-31(29-14)18-9-3-2-4-10-18)23(34)28-19(13-20(26)32)22(33)27-17-8-6-5-7-15(24)11-16(25)12-17/h2-4,6-12,19H,5,13,24-25H2,1H3,(H2,26,32)(H,27,33)(H,28,34)/b8-6?,15-7+,16-11+,17-12+/t19-/m0/s1. The Morgan fingerprint density at radius 1 is 1.09 bits per heavy atom. The Labute approximate surface area is 196 Å². The molecular weight excluding hydrogens is 436 g/mol. The number of hydrogen-bond donors (Lipinski definition) is 5. The molecule has 1 aliphatic carbocycles. The maximum Gasteiger partial charge on any atom is 0.274 e. The van der Waals surface area contributed by atoms with Gasteiger partial charge in [0.1, 0.15) is 6.04 Å². The van der Waals surface area contributed by atoms with Gasteiger partial charge in [0.05, 0.1) is 17.8 Å². The molecule has 8 N–H and O–H groups in total. The van der Waals surface area contributed by atoms with Gasteiger partial charge in [-0.3, -0.25) is 14.4 Å². The van der Waals surface area contributed by atoms with Gasteiger partial charge >= 0.3 is 0 Å². The molecule has 1 aliphatic rings. The molecule has 0 fully saturated rings. The Morgan fingerprint density at radius 3 is 2.53 bits per heavy atom. The van der Waals surface area contributed by atoms with Gasteiger partial charge in [0.2, 0.25) is 11.8 Å². The van der Waals surface area contributed by atoms with Gasteiger partial charge in [0, 0.05) is 17.1 Å². The third-order valence-corrected chi connectivity index (χ3v) is 4.72. The molecule has 0 spiro atoms. The second-order valence-electron chi connectivity index (χ2n) is 7.53. The number of rotatable bonds is 7. The highest BCUT2D eigenvalue weighted by atomic mass is 16.2. The van der Waals surface area contributed by atoms with Gasteiger partial charge < -0.3 is 27.8 Å². The Balaban J connectivity index is 1.78. The molecular formula is C23H26N8O3. The SMILES string of the molecule is Cc1nn(-c2ccccc2)nc1C(=O)N[C@@H](CC(N)=O)C(=O)N/C1=C/C(N)=C\C(N)=C/CC=C1. The lowest BCUT2D eigenvalue weighted by Gasteiger charge is -2.17. The number of amides is 3. The molecule has 0 radical (unpaired) electrons. The van der Waals surface area contributed by atoms with Crippen molar-refractivity contribution >= 4 is 17.7 Å². The molecule has 1 heterocycles. The van der Waals surface area contributed by atoms with Crippen molar-refractivity contribution in [1.82, 2.24) is 25.6 Å². The van der Waals surface area contributed by atoms with Crippen LogP contribution < -0.4 is 27.8 Å². The summed E-state index contributed by atoms with van der Waals surface area (Å²) in [5.41, 5.74) is 19.3. The second-order valence-corrected chi connectivity index (χ2v) is 7.53. The van der Waals surface area contributed by atoms with Crippen molar-refractivity contribution in [1.29, 1.82) is 0 Å². The fourth-order valence-electron chi connectivity index (χ4n) is 3.13. The molecule has 3 amide bonds. The summed E-state index contributed by atoms with van der Waals surface area (Å²) in [5.74, 6) is -2.08. The molecule has 0 bridgehead atoms. The summed E-state index contributed by atoms with van der Waals surface area (Å²) in [6.45, 7) is 1.62. The Hall–Kier alpha value is -4.67. The van der Waals surface area contributed by atoms with E-state index in [2.05, 4.69) is 20.8 Å². The molecule has 176 valence electrons. The zero-order valence-electron chi connectivity index (χ0n) is 18.6. The highest BCUT2D eigenvalue weighted by Gasteiger charge is 2.26. The molecule has 1 aromatic heterocycles. The molecule has 3 rings (SSSR count). The van der Waals surface area contributed by atoms with Crippen LogP contribution >= 0.6 is 0 Å². The van der Waals surface area contributed by atoms with Crippen LogP contribution in [-0.2, 0) is 9.59 Å². The maximum atomic E-state index is 12.9. The lowest BCUT2D eigenvalue weighted by Crippen LogP contribution is -2.48. The van der Waals surface area contributed by atoms with E-state index >= 15 is 0 Å². The van der Waals surface area contributed by atoms with E-state index in [0.29, 0.717) is 34.9 Å². The van der Waals surface area contributed by atoms with Gasteiger partial charge in [-0.2, -0.15) is 9.90 Å². The summed E-state index contributed by atoms with van der Waals surface area (Å²) >= 11 is 0. The highest BCUT2D eigenvalue weighted by molar-refractivity contribution is 5.98. The fourth-order valence-corrected chi connectivity index (χ4v) is 3.13. The van der Waals surface area contributed by atoms with Gasteiger partial charge in [-0.25, -0.2) is 0 Å². The van der Waals surface area contributed by atoms with E-state index < -0.39 is 30.2 Å². The lowest BCUT2D eigenvalue weighted by atomic mass is 10.1. The first-order chi connectivity index (χ1) is 16.2. The molecule has 34 heavy (non-hydrogen) atoms. The number of hydrogen-bond acceptors (Lipinski definition) is 7. The van der Waals surface area contributed by atoms with Crippen molar-refractivity contribution < 1.29 is 14.4 Å². The summed E-state index contributed by atoms with van der Waals surface area (Å²) in [5, 5.41) is 13.6. The molecule has 0 saturated heterocycles. The first-order valence-corrected chi connectivity index (χ1v) is 10.4. The topological polar surface area (TPSA) is 184 Å². The highest BCUT2D eigenvalue weighted by Crippen LogP contribution is 2.10. The first-order valence-electron chi connectivity index (χ1n) is 10.4. The zero-order valence-corrected chi connectivity index (χ0v) is 18.6. The molecule has 11 nitrogen and oxygen atoms in total. The van der Waals surface area contributed by atoms with Gasteiger partial charge in [-0.05, 0) is 43.7 Å². The minimum atomic E-state index is -1.25. The summed E-state index contributed by atoms with van der Waals surface area (Å²) in [4.78, 5) is 38.7. The first kappa shape index (κ1) is 24.0. The normalized spacial score (nSPS) is 19.0. The van der Waals surface area contributed by atoms with Crippen molar-refractivity contribution in [3.05, 3.63) is 89.2 Å². The Bertz CT molecular complexity index is 1210. The second kappa shape index (κ2) is 10.8. The average molecular weight is 463 g/mol. The van der Waals surface area contributed by atoms with Gasteiger partial charge in [0.25, 0.3) is 5.91 Å². The predicted molar refractivity (Wildman–Crippen MR) is 126 cm³/mol. The summed E-state index contributed by atoms with van der Waals surface area (Å²) in [7, 11) is 0. The van der Waals surface area contributed by atoms with Crippen LogP contribution in [0.4, 0.5) is 0 Å². The third kappa shape index (κ3) is 6.42. The van der Waals surface area contributed by atoms with E-state index in [4.69, 9.17) is 17.2 Å². The summed E-state index contributed by atoms with van der Waals surface area (Å²) < 4.78 is 0. The number of allylic oxidation sites excluding steroid dienone is 5. The number of primary amides is 1. The zero-order chi connectivity index (χ0) is 24.7. The third-order valence-electron chi connectivity index (χ3n) is 4.72. The fraction of sp³-hybridized carbons (Fsp3) is 0.174. The Kier molecular flexibility index (Phi) is 7.60. The average Bonchev–Trinajstić information content (AvgIpc) is 3.20. The van der Waals surface area contributed by atoms with Crippen molar-refractivity contribution in [2.75, 3.05) is 0 Å². The molecule has 1 atom stereocenters. The van der Waals surface area contributed by atoms with E-state index in [9.17, 15) is 14.4 Å². The Morgan fingerprint density at radius 2 is 1.82 bits per heavy atom. The number of nitrogens with two attached hydrogens (primary N) is 3. The minimum Gasteiger partial charge on any atom is -0.399 e. The number of carbonyl (C=O) groups is 3. The predicted octanol–water partition coefficient (Wildman–Crippen LogP) is 0.195. The number of benzene rings is 1. The number of carbonyl (C=O) groups excluding carboxylic acids is 3. The molecule has 0 saturated carbocycles. The molecule has 0 aliphatic heterocycles. The van der Waals surface area contributed by atoms with Crippen molar-refractivity contribution in [3.63, 3.8) is 0 Å². The van der Waals surface area contributed by atoms with Gasteiger partial charge in [0.15, 0.2) is 5.69 Å². The van der Waals surface area contributed by atoms with Crippen LogP contribution in [0.5, 0.6) is 0 Å². The van der Waals surface area contributed by atoms with E-state index in [1.165, 1.54) is 10.9 Å². The molecule has 11 heteroatoms. The van der Waals surface area contributed by atoms with Gasteiger partial charge in [-0.15, -0.1) is 5.10 Å².